The Kier molecular flexibility index (Phi) is 6.74. The van der Waals surface area contributed by atoms with E-state index >= 15 is 0 Å². The minimum absolute atomic E-state index is 0.0792. The topological polar surface area (TPSA) is 70.8 Å². The maximum atomic E-state index is 10.6. The SMILES string of the molecule is COCOc1ccc(C=CC=Cc2ccc([N+](=O)[O-])cc2)cc1OC. The van der Waals surface area contributed by atoms with E-state index in [1.165, 1.54) is 12.1 Å². The van der Waals surface area contributed by atoms with Crippen LogP contribution in [-0.2, 0) is 4.74 Å². The van der Waals surface area contributed by atoms with Gasteiger partial charge >= 0.3 is 0 Å². The van der Waals surface area contributed by atoms with E-state index in [9.17, 15) is 10.1 Å². The summed E-state index contributed by atoms with van der Waals surface area (Å²) in [6, 6.07) is 11.9. The van der Waals surface area contributed by atoms with Crippen LogP contribution in [-0.4, -0.2) is 25.9 Å². The van der Waals surface area contributed by atoms with Gasteiger partial charge in [0.25, 0.3) is 5.69 Å². The molecular formula is C19H19NO5. The number of nitro groups is 1. The summed E-state index contributed by atoms with van der Waals surface area (Å²) < 4.78 is 15.6. The highest BCUT2D eigenvalue weighted by molar-refractivity contribution is 5.60. The molecule has 0 heterocycles. The molecule has 0 radical (unpaired) electrons. The lowest BCUT2D eigenvalue weighted by atomic mass is 10.1. The van der Waals surface area contributed by atoms with Crippen LogP contribution in [0.5, 0.6) is 11.5 Å². The molecule has 130 valence electrons. The lowest BCUT2D eigenvalue weighted by molar-refractivity contribution is -0.384. The standard InChI is InChI=1S/C19H19NO5/c1-23-14-25-18-12-9-16(13-19(18)24-2)6-4-3-5-15-7-10-17(11-8-15)20(21)22/h3-13H,14H2,1-2H3. The number of methoxy groups -OCH3 is 2. The molecule has 0 fully saturated rings. The fourth-order valence-electron chi connectivity index (χ4n) is 2.07. The van der Waals surface area contributed by atoms with E-state index < -0.39 is 4.92 Å². The van der Waals surface area contributed by atoms with Gasteiger partial charge in [0.05, 0.1) is 12.0 Å². The Bertz CT molecular complexity index is 766. The largest absolute Gasteiger partial charge is 0.493 e. The number of nitro benzene ring substituents is 1. The molecule has 0 aliphatic carbocycles. The second-order valence-corrected chi connectivity index (χ2v) is 5.03. The zero-order valence-electron chi connectivity index (χ0n) is 14.0. The Morgan fingerprint density at radius 3 is 2.20 bits per heavy atom. The number of hydrogen-bond acceptors (Lipinski definition) is 5. The lowest BCUT2D eigenvalue weighted by Crippen LogP contribution is -2.00. The van der Waals surface area contributed by atoms with E-state index in [1.54, 1.807) is 26.4 Å². The van der Waals surface area contributed by atoms with Crippen molar-refractivity contribution in [3.05, 3.63) is 75.9 Å². The van der Waals surface area contributed by atoms with Crippen molar-refractivity contribution in [3.8, 4) is 11.5 Å². The molecule has 0 saturated carbocycles. The maximum Gasteiger partial charge on any atom is 0.269 e. The lowest BCUT2D eigenvalue weighted by Gasteiger charge is -2.10. The zero-order chi connectivity index (χ0) is 18.1. The van der Waals surface area contributed by atoms with Crippen LogP contribution < -0.4 is 9.47 Å². The Morgan fingerprint density at radius 1 is 0.960 bits per heavy atom. The molecule has 0 aliphatic heterocycles. The third-order valence-corrected chi connectivity index (χ3v) is 3.31. The monoisotopic (exact) mass is 341 g/mol. The van der Waals surface area contributed by atoms with Crippen molar-refractivity contribution in [3.63, 3.8) is 0 Å². The Hall–Kier alpha value is -3.12. The molecule has 0 aliphatic rings. The van der Waals surface area contributed by atoms with Gasteiger partial charge in [-0.15, -0.1) is 0 Å². The third-order valence-electron chi connectivity index (χ3n) is 3.31. The molecule has 0 saturated heterocycles. The van der Waals surface area contributed by atoms with E-state index in [2.05, 4.69) is 0 Å². The van der Waals surface area contributed by atoms with Crippen LogP contribution in [0.15, 0.2) is 54.6 Å². The van der Waals surface area contributed by atoms with E-state index in [-0.39, 0.29) is 12.5 Å². The molecule has 2 aromatic carbocycles. The predicted molar refractivity (Wildman–Crippen MR) is 96.7 cm³/mol. The summed E-state index contributed by atoms with van der Waals surface area (Å²) in [7, 11) is 3.14. The summed E-state index contributed by atoms with van der Waals surface area (Å²) in [5.74, 6) is 1.24. The molecule has 0 amide bonds. The van der Waals surface area contributed by atoms with Crippen molar-refractivity contribution >= 4 is 17.8 Å². The van der Waals surface area contributed by atoms with Gasteiger partial charge < -0.3 is 14.2 Å². The van der Waals surface area contributed by atoms with Crippen LogP contribution in [0.1, 0.15) is 11.1 Å². The average molecular weight is 341 g/mol. The number of hydrogen-bond donors (Lipinski definition) is 0. The summed E-state index contributed by atoms with van der Waals surface area (Å²) in [5, 5.41) is 10.6. The first-order valence-corrected chi connectivity index (χ1v) is 7.53. The molecule has 0 bridgehead atoms. The summed E-state index contributed by atoms with van der Waals surface area (Å²) in [6.07, 6.45) is 7.53. The molecule has 0 aromatic heterocycles. The first kappa shape index (κ1) is 18.2. The molecule has 6 nitrogen and oxygen atoms in total. The zero-order valence-corrected chi connectivity index (χ0v) is 14.0. The predicted octanol–water partition coefficient (Wildman–Crippen LogP) is 4.31. The summed E-state index contributed by atoms with van der Waals surface area (Å²) in [4.78, 5) is 10.2. The Balaban J connectivity index is 2.02. The maximum absolute atomic E-state index is 10.6. The molecule has 2 aromatic rings. The van der Waals surface area contributed by atoms with Crippen molar-refractivity contribution < 1.29 is 19.1 Å². The van der Waals surface area contributed by atoms with Gasteiger partial charge in [-0.3, -0.25) is 10.1 Å². The molecule has 0 unspecified atom stereocenters. The average Bonchev–Trinajstić information content (AvgIpc) is 2.64. The molecule has 0 N–H and O–H groups in total. The number of benzene rings is 2. The second-order valence-electron chi connectivity index (χ2n) is 5.03. The van der Waals surface area contributed by atoms with Crippen molar-refractivity contribution in [2.45, 2.75) is 0 Å². The van der Waals surface area contributed by atoms with Crippen molar-refractivity contribution in [1.82, 2.24) is 0 Å². The van der Waals surface area contributed by atoms with Gasteiger partial charge in [-0.2, -0.15) is 0 Å². The highest BCUT2D eigenvalue weighted by Gasteiger charge is 2.04. The number of allylic oxidation sites excluding steroid dienone is 2. The van der Waals surface area contributed by atoms with E-state index in [0.29, 0.717) is 11.5 Å². The second kappa shape index (κ2) is 9.24. The van der Waals surface area contributed by atoms with Gasteiger partial charge in [0.15, 0.2) is 18.3 Å². The van der Waals surface area contributed by atoms with Crippen LogP contribution >= 0.6 is 0 Å². The van der Waals surface area contributed by atoms with E-state index in [4.69, 9.17) is 14.2 Å². The fraction of sp³-hybridized carbons (Fsp3) is 0.158. The van der Waals surface area contributed by atoms with E-state index in [0.717, 1.165) is 11.1 Å². The molecule has 0 atom stereocenters. The van der Waals surface area contributed by atoms with Crippen molar-refractivity contribution in [1.29, 1.82) is 0 Å². The van der Waals surface area contributed by atoms with Gasteiger partial charge in [-0.05, 0) is 35.4 Å². The molecule has 0 spiro atoms. The third kappa shape index (κ3) is 5.47. The minimum Gasteiger partial charge on any atom is -0.493 e. The number of non-ortho nitro benzene ring substituents is 1. The van der Waals surface area contributed by atoms with Gasteiger partial charge in [0, 0.05) is 19.2 Å². The summed E-state index contributed by atoms with van der Waals surface area (Å²) in [6.45, 7) is 0.156. The molecule has 25 heavy (non-hydrogen) atoms. The Morgan fingerprint density at radius 2 is 1.60 bits per heavy atom. The van der Waals surface area contributed by atoms with E-state index in [1.807, 2.05) is 42.5 Å². The quantitative estimate of drug-likeness (QED) is 0.310. The number of rotatable bonds is 8. The number of ether oxygens (including phenoxy) is 3. The van der Waals surface area contributed by atoms with Crippen LogP contribution in [0.4, 0.5) is 5.69 Å². The van der Waals surface area contributed by atoms with Crippen LogP contribution in [0.3, 0.4) is 0 Å². The summed E-state index contributed by atoms with van der Waals surface area (Å²) in [5.41, 5.74) is 1.92. The highest BCUT2D eigenvalue weighted by Crippen LogP contribution is 2.28. The first-order chi connectivity index (χ1) is 12.1. The molecule has 6 heteroatoms. The van der Waals surface area contributed by atoms with Crippen LogP contribution in [0.2, 0.25) is 0 Å². The Labute approximate surface area is 146 Å². The number of nitrogens with zero attached hydrogens (tertiary/aromatic N) is 1. The van der Waals surface area contributed by atoms with Gasteiger partial charge in [-0.1, -0.05) is 30.4 Å². The molecular weight excluding hydrogens is 322 g/mol. The smallest absolute Gasteiger partial charge is 0.269 e. The van der Waals surface area contributed by atoms with Crippen molar-refractivity contribution in [2.75, 3.05) is 21.0 Å². The van der Waals surface area contributed by atoms with Crippen molar-refractivity contribution in [2.24, 2.45) is 0 Å². The van der Waals surface area contributed by atoms with Crippen LogP contribution in [0.25, 0.3) is 12.2 Å². The van der Waals surface area contributed by atoms with Crippen LogP contribution in [0, 0.1) is 10.1 Å². The molecule has 2 rings (SSSR count). The minimum atomic E-state index is -0.416. The first-order valence-electron chi connectivity index (χ1n) is 7.53. The highest BCUT2D eigenvalue weighted by atomic mass is 16.7. The fourth-order valence-corrected chi connectivity index (χ4v) is 2.07. The normalized spacial score (nSPS) is 11.1. The van der Waals surface area contributed by atoms with Gasteiger partial charge in [0.2, 0.25) is 0 Å². The van der Waals surface area contributed by atoms with Gasteiger partial charge in [0.1, 0.15) is 0 Å². The summed E-state index contributed by atoms with van der Waals surface area (Å²) >= 11 is 0. The van der Waals surface area contributed by atoms with Gasteiger partial charge in [-0.25, -0.2) is 0 Å².